The Morgan fingerprint density at radius 3 is 1.21 bits per heavy atom. The number of hydrogen-bond acceptors (Lipinski definition) is 2. The first-order valence-corrected chi connectivity index (χ1v) is 25.5. The largest absolute Gasteiger partial charge is 0.382 e. The van der Waals surface area contributed by atoms with Crippen LogP contribution in [0.3, 0.4) is 0 Å². The summed E-state index contributed by atoms with van der Waals surface area (Å²) in [6, 6.07) is 0. The van der Waals surface area contributed by atoms with E-state index >= 15 is 0 Å². The van der Waals surface area contributed by atoms with Gasteiger partial charge in [0.1, 0.15) is 11.2 Å². The van der Waals surface area contributed by atoms with Gasteiger partial charge in [0.05, 0.1) is 0 Å². The Kier molecular flexibility index (Phi) is 9.00. The second kappa shape index (κ2) is 12.8. The Morgan fingerprint density at radius 2 is 0.862 bits per heavy atom. The lowest BCUT2D eigenvalue weighted by molar-refractivity contribution is -0.236. The van der Waals surface area contributed by atoms with Crippen LogP contribution in [0.1, 0.15) is 173 Å². The molecule has 10 aliphatic carbocycles. The van der Waals surface area contributed by atoms with Gasteiger partial charge in [0.2, 0.25) is 0 Å². The van der Waals surface area contributed by atoms with E-state index < -0.39 is 11.2 Å². The van der Waals surface area contributed by atoms with Crippen molar-refractivity contribution in [1.82, 2.24) is 0 Å². The Morgan fingerprint density at radius 1 is 0.483 bits per heavy atom. The molecule has 0 radical (unpaired) electrons. The summed E-state index contributed by atoms with van der Waals surface area (Å²) in [5, 5.41) is 29.1. The molecule has 58 heavy (non-hydrogen) atoms. The zero-order valence-corrected chi connectivity index (χ0v) is 39.3. The van der Waals surface area contributed by atoms with Crippen molar-refractivity contribution in [3.63, 3.8) is 0 Å². The van der Waals surface area contributed by atoms with Crippen molar-refractivity contribution in [2.24, 2.45) is 115 Å². The summed E-state index contributed by atoms with van der Waals surface area (Å²) >= 11 is 0. The van der Waals surface area contributed by atoms with E-state index in [0.717, 1.165) is 12.8 Å². The van der Waals surface area contributed by atoms with Crippen molar-refractivity contribution in [3.8, 4) is 0 Å². The smallest absolute Gasteiger partial charge is 0.122 e. The van der Waals surface area contributed by atoms with Gasteiger partial charge in [-0.1, -0.05) is 119 Å². The van der Waals surface area contributed by atoms with Gasteiger partial charge < -0.3 is 10.2 Å². The normalized spacial score (nSPS) is 55.4. The second-order valence-corrected chi connectivity index (χ2v) is 25.8. The molecular weight excluding hydrogens is 705 g/mol. The van der Waals surface area contributed by atoms with Crippen molar-refractivity contribution < 1.29 is 10.2 Å². The summed E-state index contributed by atoms with van der Waals surface area (Å²) in [6.07, 6.45) is 32.7. The second-order valence-electron chi connectivity index (χ2n) is 25.8. The molecule has 0 aliphatic heterocycles. The third-order valence-corrected chi connectivity index (χ3v) is 23.7. The Labute approximate surface area is 356 Å². The standard InChI is InChI=1S/C56H86O2/c1-33(2)35(5)13-15-37(7)43-17-19-45-41-31-55(57,53-29-39(53)21-27-51(53,11)47(41)23-25-49(43,45)9)56(58)32-42-46-20-18-44(38(8)16-14-36(6)34(3)4)50(46,10)26-24-48(42)52(12)28-22-40-30-54(40,52)56/h13-16,31-40,43-48,57-58H,17-30H2,1-12H3/t35-,36-,37+,38+,39+,40+,43+,44+,45-,46-,47-,48-,49+,50+,51+,52+,53+,54+,55?,56?/m0/s1. The molecule has 0 bridgehead atoms. The lowest BCUT2D eigenvalue weighted by Crippen LogP contribution is -2.72. The van der Waals surface area contributed by atoms with Crippen molar-refractivity contribution in [1.29, 1.82) is 0 Å². The molecule has 20 atom stereocenters. The fourth-order valence-corrected chi connectivity index (χ4v) is 19.6. The fourth-order valence-electron chi connectivity index (χ4n) is 19.6. The van der Waals surface area contributed by atoms with Crippen LogP contribution in [-0.2, 0) is 0 Å². The van der Waals surface area contributed by atoms with Crippen LogP contribution in [0, 0.1) is 115 Å². The first-order valence-electron chi connectivity index (χ1n) is 25.5. The Hall–Kier alpha value is -1.12. The van der Waals surface area contributed by atoms with E-state index in [2.05, 4.69) is 120 Å². The summed E-state index contributed by atoms with van der Waals surface area (Å²) in [7, 11) is 0. The van der Waals surface area contributed by atoms with Crippen LogP contribution in [0.2, 0.25) is 0 Å². The van der Waals surface area contributed by atoms with E-state index in [1.165, 1.54) is 77.0 Å². The SMILES string of the molecule is CC(C)[C@@H](C)C=C[C@@H](C)[C@H]1CC[C@H]2C3=CC(O)(C4(O)C=C5[C@@H]6CC[C@H]([C@H](C)C=C[C@H](C)C(C)C)[C@@]6(C)CC[C@@H]5[C@@]5(C)CC[C@@H]6C[C@]645)[C@]45C[C@H]4CC[C@]5(C)[C@H]3CC[C@]12C. The molecule has 2 heteroatoms. The van der Waals surface area contributed by atoms with Gasteiger partial charge in [-0.3, -0.25) is 0 Å². The summed E-state index contributed by atoms with van der Waals surface area (Å²) in [5.74, 6) is 8.30. The molecule has 2 spiro atoms. The molecule has 10 rings (SSSR count). The molecule has 0 aromatic carbocycles. The lowest BCUT2D eigenvalue weighted by atomic mass is 9.40. The number of fused-ring (bicyclic) bond motifs is 8. The minimum atomic E-state index is -1.20. The summed E-state index contributed by atoms with van der Waals surface area (Å²) < 4.78 is 0. The molecule has 10 aliphatic rings. The average Bonchev–Trinajstić information content (AvgIpc) is 3.93. The molecule has 8 fully saturated rings. The molecule has 2 nitrogen and oxygen atoms in total. The maximum absolute atomic E-state index is 14.6. The summed E-state index contributed by atoms with van der Waals surface area (Å²) in [5.41, 5.74) is 1.03. The molecule has 2 N–H and O–H groups in total. The van der Waals surface area contributed by atoms with E-state index in [-0.39, 0.29) is 32.5 Å². The molecule has 2 unspecified atom stereocenters. The third-order valence-electron chi connectivity index (χ3n) is 23.7. The van der Waals surface area contributed by atoms with Crippen molar-refractivity contribution in [3.05, 3.63) is 47.6 Å². The van der Waals surface area contributed by atoms with Crippen LogP contribution in [0.4, 0.5) is 0 Å². The minimum Gasteiger partial charge on any atom is -0.382 e. The molecule has 0 amide bonds. The van der Waals surface area contributed by atoms with E-state index in [0.29, 0.717) is 82.9 Å². The average molecular weight is 791 g/mol. The maximum Gasteiger partial charge on any atom is 0.122 e. The molecular formula is C56H86O2. The highest BCUT2D eigenvalue weighted by Crippen LogP contribution is 2.90. The molecule has 8 saturated carbocycles. The lowest BCUT2D eigenvalue weighted by Gasteiger charge is -2.67. The van der Waals surface area contributed by atoms with E-state index in [9.17, 15) is 10.2 Å². The highest BCUT2D eigenvalue weighted by molar-refractivity contribution is 5.53. The fraction of sp³-hybridized carbons (Fsp3) is 0.857. The van der Waals surface area contributed by atoms with Crippen LogP contribution >= 0.6 is 0 Å². The van der Waals surface area contributed by atoms with Crippen molar-refractivity contribution in [2.45, 2.75) is 184 Å². The molecule has 0 aromatic heterocycles. The van der Waals surface area contributed by atoms with Gasteiger partial charge in [-0.25, -0.2) is 0 Å². The van der Waals surface area contributed by atoms with Gasteiger partial charge in [-0.15, -0.1) is 0 Å². The topological polar surface area (TPSA) is 40.5 Å². The third kappa shape index (κ3) is 4.71. The van der Waals surface area contributed by atoms with Crippen molar-refractivity contribution in [2.75, 3.05) is 0 Å². The van der Waals surface area contributed by atoms with Gasteiger partial charge in [0.25, 0.3) is 0 Å². The minimum absolute atomic E-state index is 0.0592. The zero-order valence-electron chi connectivity index (χ0n) is 39.3. The van der Waals surface area contributed by atoms with Gasteiger partial charge in [0.15, 0.2) is 0 Å². The highest BCUT2D eigenvalue weighted by atomic mass is 16.4. The number of allylic oxidation sites excluding steroid dienone is 6. The van der Waals surface area contributed by atoms with E-state index in [1.807, 2.05) is 0 Å². The molecule has 0 heterocycles. The highest BCUT2D eigenvalue weighted by Gasteiger charge is 2.90. The molecule has 0 aromatic rings. The zero-order chi connectivity index (χ0) is 41.4. The summed E-state index contributed by atoms with van der Waals surface area (Å²) in [6.45, 7) is 29.8. The predicted molar refractivity (Wildman–Crippen MR) is 241 cm³/mol. The van der Waals surface area contributed by atoms with Crippen molar-refractivity contribution >= 4 is 0 Å². The molecule has 0 saturated heterocycles. The Balaban J connectivity index is 1.08. The van der Waals surface area contributed by atoms with E-state index in [1.54, 1.807) is 11.1 Å². The van der Waals surface area contributed by atoms with Gasteiger partial charge in [-0.2, -0.15) is 0 Å². The van der Waals surface area contributed by atoms with Crippen LogP contribution in [0.5, 0.6) is 0 Å². The van der Waals surface area contributed by atoms with E-state index in [4.69, 9.17) is 0 Å². The quantitative estimate of drug-likeness (QED) is 0.228. The van der Waals surface area contributed by atoms with Crippen LogP contribution < -0.4 is 0 Å². The molecule has 322 valence electrons. The first-order chi connectivity index (χ1) is 27.2. The monoisotopic (exact) mass is 791 g/mol. The Bertz CT molecular complexity index is 1680. The van der Waals surface area contributed by atoms with Gasteiger partial charge >= 0.3 is 0 Å². The predicted octanol–water partition coefficient (Wildman–Crippen LogP) is 13.8. The summed E-state index contributed by atoms with van der Waals surface area (Å²) in [4.78, 5) is 0. The maximum atomic E-state index is 14.6. The van der Waals surface area contributed by atoms with Crippen LogP contribution in [-0.4, -0.2) is 21.4 Å². The number of rotatable bonds is 9. The number of aliphatic hydroxyl groups is 2. The van der Waals surface area contributed by atoms with Crippen LogP contribution in [0.15, 0.2) is 47.6 Å². The number of hydrogen-bond donors (Lipinski definition) is 2. The first kappa shape index (κ1) is 40.9. The van der Waals surface area contributed by atoms with Gasteiger partial charge in [0, 0.05) is 10.8 Å². The van der Waals surface area contributed by atoms with Gasteiger partial charge in [-0.05, 0) is 207 Å². The van der Waals surface area contributed by atoms with Crippen LogP contribution in [0.25, 0.3) is 0 Å².